The fourth-order valence-corrected chi connectivity index (χ4v) is 2.83. The highest BCUT2D eigenvalue weighted by molar-refractivity contribution is 7.89. The number of amides is 1. The molecule has 1 aromatic rings. The van der Waals surface area contributed by atoms with Crippen LogP contribution < -0.4 is 9.62 Å². The normalized spacial score (nSPS) is 11.3. The van der Waals surface area contributed by atoms with Crippen LogP contribution in [0.1, 0.15) is 20.3 Å². The first kappa shape index (κ1) is 16.6. The van der Waals surface area contributed by atoms with Gasteiger partial charge in [0, 0.05) is 25.7 Å². The van der Waals surface area contributed by atoms with E-state index in [4.69, 9.17) is 0 Å². The molecule has 1 aromatic carbocycles. The van der Waals surface area contributed by atoms with E-state index in [0.29, 0.717) is 12.1 Å². The Balaban J connectivity index is 2.65. The van der Waals surface area contributed by atoms with Gasteiger partial charge in [-0.15, -0.1) is 0 Å². The van der Waals surface area contributed by atoms with Crippen molar-refractivity contribution in [1.82, 2.24) is 4.72 Å². The third-order valence-electron chi connectivity index (χ3n) is 2.65. The lowest BCUT2D eigenvalue weighted by atomic mass is 10.2. The molecule has 112 valence electrons. The second-order valence-electron chi connectivity index (χ2n) is 4.36. The summed E-state index contributed by atoms with van der Waals surface area (Å²) in [6.07, 6.45) is 0.531. The van der Waals surface area contributed by atoms with Gasteiger partial charge in [-0.05, 0) is 30.7 Å². The third kappa shape index (κ3) is 5.26. The number of hydrogen-bond donors (Lipinski definition) is 1. The average Bonchev–Trinajstić information content (AvgIpc) is 2.35. The van der Waals surface area contributed by atoms with Crippen LogP contribution in [-0.2, 0) is 14.8 Å². The molecule has 0 saturated carbocycles. The quantitative estimate of drug-likeness (QED) is 0.830. The molecule has 0 aromatic heterocycles. The number of carbonyl (C=O) groups excluding carboxylic acids is 1. The molecule has 7 heteroatoms. The van der Waals surface area contributed by atoms with Crippen molar-refractivity contribution in [3.63, 3.8) is 0 Å². The van der Waals surface area contributed by atoms with Gasteiger partial charge in [0.1, 0.15) is 5.82 Å². The summed E-state index contributed by atoms with van der Waals surface area (Å²) in [7, 11) is -3.29. The molecule has 1 rings (SSSR count). The molecule has 0 aliphatic carbocycles. The van der Waals surface area contributed by atoms with Gasteiger partial charge >= 0.3 is 0 Å². The van der Waals surface area contributed by atoms with Crippen LogP contribution in [-0.4, -0.2) is 33.2 Å². The molecule has 0 spiro atoms. The first-order valence-corrected chi connectivity index (χ1v) is 8.02. The predicted octanol–water partition coefficient (Wildman–Crippen LogP) is 1.51. The van der Waals surface area contributed by atoms with E-state index in [-0.39, 0.29) is 30.6 Å². The Kier molecular flexibility index (Phi) is 6.09. The van der Waals surface area contributed by atoms with Crippen LogP contribution in [0, 0.1) is 5.82 Å². The lowest BCUT2D eigenvalue weighted by molar-refractivity contribution is -0.116. The van der Waals surface area contributed by atoms with E-state index < -0.39 is 10.0 Å². The maximum Gasteiger partial charge on any atom is 0.223 e. The number of halogens is 1. The number of carbonyl (C=O) groups is 1. The number of sulfonamides is 1. The molecule has 5 nitrogen and oxygen atoms in total. The van der Waals surface area contributed by atoms with E-state index in [0.717, 1.165) is 0 Å². The standard InChI is InChI=1S/C13H19FN2O3S/c1-3-10-20(18,19)15-8-9-16(11(2)17)13-6-4-12(14)5-7-13/h4-7,15H,3,8-10H2,1-2H3. The largest absolute Gasteiger partial charge is 0.311 e. The number of nitrogens with zero attached hydrogens (tertiary/aromatic N) is 1. The van der Waals surface area contributed by atoms with Crippen LogP contribution in [0.2, 0.25) is 0 Å². The monoisotopic (exact) mass is 302 g/mol. The molecule has 0 unspecified atom stereocenters. The van der Waals surface area contributed by atoms with Crippen LogP contribution in [0.4, 0.5) is 10.1 Å². The van der Waals surface area contributed by atoms with Crippen molar-refractivity contribution < 1.29 is 17.6 Å². The summed E-state index contributed by atoms with van der Waals surface area (Å²) in [4.78, 5) is 13.0. The van der Waals surface area contributed by atoms with Crippen molar-refractivity contribution in [1.29, 1.82) is 0 Å². The average molecular weight is 302 g/mol. The van der Waals surface area contributed by atoms with E-state index in [1.165, 1.54) is 36.1 Å². The summed E-state index contributed by atoms with van der Waals surface area (Å²) in [6.45, 7) is 3.48. The van der Waals surface area contributed by atoms with Crippen molar-refractivity contribution in [2.45, 2.75) is 20.3 Å². The molecule has 0 aliphatic heterocycles. The maximum atomic E-state index is 12.8. The molecule has 0 fully saturated rings. The van der Waals surface area contributed by atoms with Crippen LogP contribution in [0.3, 0.4) is 0 Å². The minimum absolute atomic E-state index is 0.0591. The SMILES string of the molecule is CCCS(=O)(=O)NCCN(C(C)=O)c1ccc(F)cc1. The second-order valence-corrected chi connectivity index (χ2v) is 6.29. The van der Waals surface area contributed by atoms with Gasteiger partial charge in [-0.25, -0.2) is 17.5 Å². The fraction of sp³-hybridized carbons (Fsp3) is 0.462. The fourth-order valence-electron chi connectivity index (χ4n) is 1.74. The molecule has 0 heterocycles. The molecule has 0 bridgehead atoms. The Morgan fingerprint density at radius 3 is 2.40 bits per heavy atom. The minimum Gasteiger partial charge on any atom is -0.311 e. The number of hydrogen-bond acceptors (Lipinski definition) is 3. The zero-order chi connectivity index (χ0) is 15.2. The highest BCUT2D eigenvalue weighted by Gasteiger charge is 2.13. The van der Waals surface area contributed by atoms with Crippen LogP contribution in [0.15, 0.2) is 24.3 Å². The van der Waals surface area contributed by atoms with E-state index in [9.17, 15) is 17.6 Å². The zero-order valence-corrected chi connectivity index (χ0v) is 12.4. The van der Waals surface area contributed by atoms with Crippen LogP contribution >= 0.6 is 0 Å². The van der Waals surface area contributed by atoms with E-state index >= 15 is 0 Å². The number of nitrogens with one attached hydrogen (secondary N) is 1. The van der Waals surface area contributed by atoms with Gasteiger partial charge in [-0.3, -0.25) is 4.79 Å². The third-order valence-corrected chi connectivity index (χ3v) is 4.24. The number of benzene rings is 1. The molecule has 0 radical (unpaired) electrons. The Hall–Kier alpha value is -1.47. The predicted molar refractivity (Wildman–Crippen MR) is 76.5 cm³/mol. The maximum absolute atomic E-state index is 12.8. The smallest absolute Gasteiger partial charge is 0.223 e. The summed E-state index contributed by atoms with van der Waals surface area (Å²) >= 11 is 0. The molecule has 20 heavy (non-hydrogen) atoms. The molecule has 1 amide bonds. The topological polar surface area (TPSA) is 66.5 Å². The lowest BCUT2D eigenvalue weighted by Gasteiger charge is -2.21. The minimum atomic E-state index is -3.29. The van der Waals surface area contributed by atoms with Gasteiger partial charge in [-0.1, -0.05) is 6.92 Å². The van der Waals surface area contributed by atoms with Crippen molar-refractivity contribution in [3.8, 4) is 0 Å². The number of rotatable bonds is 7. The Morgan fingerprint density at radius 2 is 1.90 bits per heavy atom. The summed E-state index contributed by atoms with van der Waals surface area (Å²) in [5.74, 6) is -0.559. The van der Waals surface area contributed by atoms with Crippen molar-refractivity contribution >= 4 is 21.6 Å². The Morgan fingerprint density at radius 1 is 1.30 bits per heavy atom. The van der Waals surface area contributed by atoms with Gasteiger partial charge in [0.15, 0.2) is 0 Å². The van der Waals surface area contributed by atoms with Crippen molar-refractivity contribution in [3.05, 3.63) is 30.1 Å². The van der Waals surface area contributed by atoms with E-state index in [1.54, 1.807) is 6.92 Å². The highest BCUT2D eigenvalue weighted by Crippen LogP contribution is 2.14. The first-order valence-electron chi connectivity index (χ1n) is 6.36. The Labute approximate surface area is 118 Å². The first-order chi connectivity index (χ1) is 9.35. The van der Waals surface area contributed by atoms with Gasteiger partial charge in [0.25, 0.3) is 0 Å². The summed E-state index contributed by atoms with van der Waals surface area (Å²) in [5, 5.41) is 0. The molecule has 0 atom stereocenters. The lowest BCUT2D eigenvalue weighted by Crippen LogP contribution is -2.38. The molecular weight excluding hydrogens is 283 g/mol. The van der Waals surface area contributed by atoms with Gasteiger partial charge < -0.3 is 4.90 Å². The van der Waals surface area contributed by atoms with E-state index in [2.05, 4.69) is 4.72 Å². The van der Waals surface area contributed by atoms with Crippen LogP contribution in [0.25, 0.3) is 0 Å². The van der Waals surface area contributed by atoms with Gasteiger partial charge in [0.2, 0.25) is 15.9 Å². The van der Waals surface area contributed by atoms with E-state index in [1.807, 2.05) is 0 Å². The molecule has 0 aliphatic rings. The second kappa shape index (κ2) is 7.35. The molecule has 0 saturated heterocycles. The Bertz CT molecular complexity index is 543. The number of anilines is 1. The van der Waals surface area contributed by atoms with Crippen molar-refractivity contribution in [2.75, 3.05) is 23.7 Å². The summed E-state index contributed by atoms with van der Waals surface area (Å²) < 4.78 is 38.3. The highest BCUT2D eigenvalue weighted by atomic mass is 32.2. The summed E-state index contributed by atoms with van der Waals surface area (Å²) in [5.41, 5.74) is 0.536. The van der Waals surface area contributed by atoms with Gasteiger partial charge in [0.05, 0.1) is 5.75 Å². The molecular formula is C13H19FN2O3S. The summed E-state index contributed by atoms with van der Waals surface area (Å²) in [6, 6.07) is 5.48. The van der Waals surface area contributed by atoms with Gasteiger partial charge in [-0.2, -0.15) is 0 Å². The zero-order valence-electron chi connectivity index (χ0n) is 11.6. The molecule has 1 N–H and O–H groups in total. The van der Waals surface area contributed by atoms with Crippen LogP contribution in [0.5, 0.6) is 0 Å². The van der Waals surface area contributed by atoms with Crippen molar-refractivity contribution in [2.24, 2.45) is 0 Å².